The lowest BCUT2D eigenvalue weighted by atomic mass is 9.98. The highest BCUT2D eigenvalue weighted by molar-refractivity contribution is 6.39. The Morgan fingerprint density at radius 3 is 2.42 bits per heavy atom. The molecule has 3 amide bonds. The van der Waals surface area contributed by atoms with Crippen molar-refractivity contribution in [3.8, 4) is 0 Å². The molecule has 0 fully saturated rings. The molecule has 1 aliphatic heterocycles. The summed E-state index contributed by atoms with van der Waals surface area (Å²) in [7, 11) is 0. The molecule has 3 aromatic rings. The number of carbonyl (C=O) groups is 3. The number of benzene rings is 2. The molecule has 33 heavy (non-hydrogen) atoms. The van der Waals surface area contributed by atoms with E-state index in [1.807, 2.05) is 24.3 Å². The Hall–Kier alpha value is -3.91. The highest BCUT2D eigenvalue weighted by atomic mass is 16.3. The number of hydrogen-bond donors (Lipinski definition) is 3. The lowest BCUT2D eigenvalue weighted by molar-refractivity contribution is -0.136. The first-order valence-corrected chi connectivity index (χ1v) is 10.8. The second-order valence-electron chi connectivity index (χ2n) is 7.95. The maximum absolute atomic E-state index is 12.5. The molecular formula is C25H26N4O4. The standard InChI is InChI=1S/C25H26N4O4/c1-17(30)27-20-8-4-9-21(14-20)28-25(32)24(31)26-15-22(23-10-5-13-33-23)29-12-11-18-6-2-3-7-19(18)16-29/h2-10,13-14,22H,11-12,15-16H2,1H3,(H,26,31)(H,27,30)(H,28,32)/t22-/m0/s1. The summed E-state index contributed by atoms with van der Waals surface area (Å²) in [5.74, 6) is -1.01. The predicted octanol–water partition coefficient (Wildman–Crippen LogP) is 3.09. The number of anilines is 2. The summed E-state index contributed by atoms with van der Waals surface area (Å²) >= 11 is 0. The van der Waals surface area contributed by atoms with Gasteiger partial charge >= 0.3 is 11.8 Å². The van der Waals surface area contributed by atoms with Crippen molar-refractivity contribution in [2.75, 3.05) is 23.7 Å². The van der Waals surface area contributed by atoms with E-state index >= 15 is 0 Å². The molecule has 1 aromatic heterocycles. The molecule has 0 aliphatic carbocycles. The topological polar surface area (TPSA) is 104 Å². The van der Waals surface area contributed by atoms with Crippen molar-refractivity contribution in [1.82, 2.24) is 10.2 Å². The lowest BCUT2D eigenvalue weighted by Crippen LogP contribution is -2.43. The van der Waals surface area contributed by atoms with E-state index in [1.54, 1.807) is 30.5 Å². The quantitative estimate of drug-likeness (QED) is 0.505. The van der Waals surface area contributed by atoms with E-state index in [1.165, 1.54) is 18.1 Å². The summed E-state index contributed by atoms with van der Waals surface area (Å²) in [5.41, 5.74) is 3.53. The Balaban J connectivity index is 1.39. The molecule has 0 unspecified atom stereocenters. The van der Waals surface area contributed by atoms with Crippen LogP contribution in [0.4, 0.5) is 11.4 Å². The van der Waals surface area contributed by atoms with Gasteiger partial charge in [0, 0.05) is 37.9 Å². The minimum absolute atomic E-state index is 0.201. The molecular weight excluding hydrogens is 420 g/mol. The molecule has 8 heteroatoms. The normalized spacial score (nSPS) is 14.1. The van der Waals surface area contributed by atoms with Gasteiger partial charge in [-0.1, -0.05) is 30.3 Å². The van der Waals surface area contributed by atoms with Crippen LogP contribution in [0.2, 0.25) is 0 Å². The van der Waals surface area contributed by atoms with E-state index in [4.69, 9.17) is 4.42 Å². The average Bonchev–Trinajstić information content (AvgIpc) is 3.33. The van der Waals surface area contributed by atoms with E-state index < -0.39 is 11.8 Å². The Bertz CT molecular complexity index is 1140. The Morgan fingerprint density at radius 2 is 1.70 bits per heavy atom. The van der Waals surface area contributed by atoms with Crippen molar-refractivity contribution in [3.05, 3.63) is 83.8 Å². The molecule has 170 valence electrons. The van der Waals surface area contributed by atoms with E-state index in [0.29, 0.717) is 11.4 Å². The van der Waals surface area contributed by atoms with Gasteiger partial charge in [0.05, 0.1) is 12.3 Å². The molecule has 3 N–H and O–H groups in total. The van der Waals surface area contributed by atoms with E-state index in [2.05, 4.69) is 33.0 Å². The van der Waals surface area contributed by atoms with Gasteiger partial charge in [-0.3, -0.25) is 19.3 Å². The molecule has 0 radical (unpaired) electrons. The zero-order chi connectivity index (χ0) is 23.2. The number of fused-ring (bicyclic) bond motifs is 1. The first-order chi connectivity index (χ1) is 16.0. The van der Waals surface area contributed by atoms with Gasteiger partial charge in [0.2, 0.25) is 5.91 Å². The fourth-order valence-electron chi connectivity index (χ4n) is 4.01. The van der Waals surface area contributed by atoms with Gasteiger partial charge < -0.3 is 20.4 Å². The van der Waals surface area contributed by atoms with E-state index in [9.17, 15) is 14.4 Å². The number of carbonyl (C=O) groups excluding carboxylic acids is 3. The second-order valence-corrected chi connectivity index (χ2v) is 7.95. The number of rotatable bonds is 6. The van der Waals surface area contributed by atoms with Gasteiger partial charge in [-0.2, -0.15) is 0 Å². The largest absolute Gasteiger partial charge is 0.468 e. The number of hydrogen-bond acceptors (Lipinski definition) is 5. The van der Waals surface area contributed by atoms with Gasteiger partial charge in [-0.25, -0.2) is 0 Å². The van der Waals surface area contributed by atoms with Crippen LogP contribution in [0.3, 0.4) is 0 Å². The van der Waals surface area contributed by atoms with Crippen LogP contribution in [0.25, 0.3) is 0 Å². The van der Waals surface area contributed by atoms with Crippen LogP contribution >= 0.6 is 0 Å². The Labute approximate surface area is 192 Å². The highest BCUT2D eigenvalue weighted by Crippen LogP contribution is 2.28. The minimum atomic E-state index is -0.780. The summed E-state index contributed by atoms with van der Waals surface area (Å²) in [6.45, 7) is 3.18. The van der Waals surface area contributed by atoms with Crippen LogP contribution in [0, 0.1) is 0 Å². The molecule has 1 aliphatic rings. The highest BCUT2D eigenvalue weighted by Gasteiger charge is 2.28. The van der Waals surface area contributed by atoms with Crippen molar-refractivity contribution >= 4 is 29.1 Å². The summed E-state index contributed by atoms with van der Waals surface area (Å²) in [5, 5.41) is 7.94. The van der Waals surface area contributed by atoms with Crippen LogP contribution in [-0.2, 0) is 27.3 Å². The lowest BCUT2D eigenvalue weighted by Gasteiger charge is -2.34. The van der Waals surface area contributed by atoms with Crippen LogP contribution in [0.1, 0.15) is 29.9 Å². The second kappa shape index (κ2) is 10.1. The fourth-order valence-corrected chi connectivity index (χ4v) is 4.01. The first-order valence-electron chi connectivity index (χ1n) is 10.8. The molecule has 8 nitrogen and oxygen atoms in total. The van der Waals surface area contributed by atoms with E-state index in [-0.39, 0.29) is 18.5 Å². The number of furan rings is 1. The van der Waals surface area contributed by atoms with Gasteiger partial charge in [0.1, 0.15) is 5.76 Å². The molecule has 2 aromatic carbocycles. The van der Waals surface area contributed by atoms with Crippen LogP contribution < -0.4 is 16.0 Å². The Morgan fingerprint density at radius 1 is 0.939 bits per heavy atom. The maximum atomic E-state index is 12.5. The molecule has 4 rings (SSSR count). The predicted molar refractivity (Wildman–Crippen MR) is 124 cm³/mol. The minimum Gasteiger partial charge on any atom is -0.468 e. The molecule has 1 atom stereocenters. The monoisotopic (exact) mass is 446 g/mol. The third kappa shape index (κ3) is 5.67. The third-order valence-corrected chi connectivity index (χ3v) is 5.58. The average molecular weight is 447 g/mol. The molecule has 0 spiro atoms. The molecule has 0 saturated heterocycles. The number of nitrogens with zero attached hydrogens (tertiary/aromatic N) is 1. The summed E-state index contributed by atoms with van der Waals surface area (Å²) in [6.07, 6.45) is 2.52. The van der Waals surface area contributed by atoms with Gasteiger partial charge in [-0.05, 0) is 47.9 Å². The smallest absolute Gasteiger partial charge is 0.313 e. The molecule has 2 heterocycles. The van der Waals surface area contributed by atoms with Gasteiger partial charge in [0.15, 0.2) is 0 Å². The number of nitrogens with one attached hydrogen (secondary N) is 3. The molecule has 0 bridgehead atoms. The van der Waals surface area contributed by atoms with Crippen LogP contribution in [0.15, 0.2) is 71.3 Å². The van der Waals surface area contributed by atoms with Crippen LogP contribution in [0.5, 0.6) is 0 Å². The van der Waals surface area contributed by atoms with Crippen molar-refractivity contribution < 1.29 is 18.8 Å². The summed E-state index contributed by atoms with van der Waals surface area (Å²) in [4.78, 5) is 38.4. The summed E-state index contributed by atoms with van der Waals surface area (Å²) < 4.78 is 5.64. The summed E-state index contributed by atoms with van der Waals surface area (Å²) in [6, 6.07) is 18.4. The Kier molecular flexibility index (Phi) is 6.85. The zero-order valence-electron chi connectivity index (χ0n) is 18.3. The van der Waals surface area contributed by atoms with Crippen molar-refractivity contribution in [2.45, 2.75) is 25.9 Å². The van der Waals surface area contributed by atoms with Gasteiger partial charge in [-0.15, -0.1) is 0 Å². The first kappa shape index (κ1) is 22.3. The van der Waals surface area contributed by atoms with Crippen molar-refractivity contribution in [1.29, 1.82) is 0 Å². The van der Waals surface area contributed by atoms with Crippen molar-refractivity contribution in [3.63, 3.8) is 0 Å². The SMILES string of the molecule is CC(=O)Nc1cccc(NC(=O)C(=O)NC[C@@H](c2ccco2)N2CCc3ccccc3C2)c1. The van der Waals surface area contributed by atoms with E-state index in [0.717, 1.165) is 25.3 Å². The van der Waals surface area contributed by atoms with Crippen LogP contribution in [-0.4, -0.2) is 35.7 Å². The molecule has 0 saturated carbocycles. The maximum Gasteiger partial charge on any atom is 0.313 e. The van der Waals surface area contributed by atoms with Crippen molar-refractivity contribution in [2.24, 2.45) is 0 Å². The fraction of sp³-hybridized carbons (Fsp3) is 0.240. The zero-order valence-corrected chi connectivity index (χ0v) is 18.3. The number of amides is 3. The van der Waals surface area contributed by atoms with Gasteiger partial charge in [0.25, 0.3) is 0 Å². The third-order valence-electron chi connectivity index (χ3n) is 5.58.